The number of halogens is 1. The van der Waals surface area contributed by atoms with E-state index in [1.165, 1.54) is 4.68 Å². The maximum Gasteiger partial charge on any atom is 0.280 e. The monoisotopic (exact) mass is 460 g/mol. The van der Waals surface area contributed by atoms with E-state index >= 15 is 0 Å². The zero-order valence-corrected chi connectivity index (χ0v) is 16.2. The molecule has 0 spiro atoms. The van der Waals surface area contributed by atoms with Crippen LogP contribution in [0.4, 0.5) is 5.69 Å². The van der Waals surface area contributed by atoms with Crippen LogP contribution in [0.3, 0.4) is 0 Å². The van der Waals surface area contributed by atoms with E-state index in [2.05, 4.69) is 32.7 Å². The fourth-order valence-corrected chi connectivity index (χ4v) is 3.01. The summed E-state index contributed by atoms with van der Waals surface area (Å²) in [5.74, 6) is 0. The maximum atomic E-state index is 12.6. The molecule has 2 aromatic carbocycles. The molecule has 25 heavy (non-hydrogen) atoms. The third-order valence-corrected chi connectivity index (χ3v) is 4.86. The highest BCUT2D eigenvalue weighted by molar-refractivity contribution is 14.1. The first kappa shape index (κ1) is 17.5. The number of nitriles is 1. The van der Waals surface area contributed by atoms with Gasteiger partial charge in [-0.25, -0.2) is 4.68 Å². The second-order valence-electron chi connectivity index (χ2n) is 5.21. The number of nitrogens with zero attached hydrogens (tertiary/aromatic N) is 3. The van der Waals surface area contributed by atoms with Gasteiger partial charge in [-0.15, -0.1) is 0 Å². The summed E-state index contributed by atoms with van der Waals surface area (Å²) in [7, 11) is 0. The molecule has 3 rings (SSSR count). The summed E-state index contributed by atoms with van der Waals surface area (Å²) >= 11 is 3.33. The van der Waals surface area contributed by atoms with Crippen molar-refractivity contribution in [1.29, 1.82) is 5.26 Å². The van der Waals surface area contributed by atoms with Gasteiger partial charge in [0.15, 0.2) is 0 Å². The van der Waals surface area contributed by atoms with E-state index in [0.29, 0.717) is 5.56 Å². The van der Waals surface area contributed by atoms with Crippen molar-refractivity contribution in [3.63, 3.8) is 0 Å². The molecule has 0 fully saturated rings. The van der Waals surface area contributed by atoms with Crippen LogP contribution in [0.15, 0.2) is 63.2 Å². The number of aromatic nitrogens is 2. The molecule has 0 aliphatic heterocycles. The third kappa shape index (κ3) is 4.03. The molecule has 0 aliphatic rings. The number of thioether (sulfide) groups is 1. The molecule has 1 aromatic heterocycles. The molecule has 0 amide bonds. The standard InChI is InChI=1S/C18H13IN4OS/c1-12-17(10-21-14-4-8-16(9-5-14)25-11-20)18(24)23(22-12)15-6-2-13(19)3-7-15/h2-10,22H,1H3. The van der Waals surface area contributed by atoms with Gasteiger partial charge in [0.25, 0.3) is 5.56 Å². The molecule has 1 N–H and O–H groups in total. The zero-order chi connectivity index (χ0) is 17.8. The zero-order valence-electron chi connectivity index (χ0n) is 13.2. The van der Waals surface area contributed by atoms with E-state index < -0.39 is 0 Å². The molecule has 3 aromatic rings. The molecule has 0 bridgehead atoms. The van der Waals surface area contributed by atoms with Crippen molar-refractivity contribution in [1.82, 2.24) is 9.78 Å². The Bertz CT molecular complexity index is 1010. The average Bonchev–Trinajstić information content (AvgIpc) is 2.90. The number of aryl methyl sites for hydroxylation is 1. The molecular weight excluding hydrogens is 447 g/mol. The number of H-pyrrole nitrogens is 1. The maximum absolute atomic E-state index is 12.6. The summed E-state index contributed by atoms with van der Waals surface area (Å²) in [4.78, 5) is 17.9. The summed E-state index contributed by atoms with van der Waals surface area (Å²) in [5, 5.41) is 13.8. The van der Waals surface area contributed by atoms with Crippen LogP contribution in [-0.2, 0) is 0 Å². The van der Waals surface area contributed by atoms with Crippen LogP contribution in [-0.4, -0.2) is 16.0 Å². The SMILES string of the molecule is Cc1[nH]n(-c2ccc(I)cc2)c(=O)c1C=Nc1ccc(SC#N)cc1. The van der Waals surface area contributed by atoms with Gasteiger partial charge in [0.2, 0.25) is 0 Å². The number of aromatic amines is 1. The number of aliphatic imine (C=N–C) groups is 1. The minimum atomic E-state index is -0.140. The van der Waals surface area contributed by atoms with Crippen LogP contribution in [0, 0.1) is 21.2 Å². The number of nitrogens with one attached hydrogen (secondary N) is 1. The number of thiocyanates is 1. The van der Waals surface area contributed by atoms with Crippen molar-refractivity contribution >= 4 is 46.3 Å². The first-order valence-corrected chi connectivity index (χ1v) is 9.25. The third-order valence-electron chi connectivity index (χ3n) is 3.54. The Morgan fingerprint density at radius 2 is 1.88 bits per heavy atom. The van der Waals surface area contributed by atoms with Crippen LogP contribution in [0.25, 0.3) is 5.69 Å². The van der Waals surface area contributed by atoms with Crippen LogP contribution in [0.1, 0.15) is 11.3 Å². The Kier molecular flexibility index (Phi) is 5.40. The van der Waals surface area contributed by atoms with Gasteiger partial charge in [0.1, 0.15) is 5.40 Å². The van der Waals surface area contributed by atoms with Crippen molar-refractivity contribution in [2.45, 2.75) is 11.8 Å². The summed E-state index contributed by atoms with van der Waals surface area (Å²) < 4.78 is 2.62. The topological polar surface area (TPSA) is 73.9 Å². The predicted molar refractivity (Wildman–Crippen MR) is 109 cm³/mol. The minimum Gasteiger partial charge on any atom is -0.295 e. The quantitative estimate of drug-likeness (QED) is 0.272. The second-order valence-corrected chi connectivity index (χ2v) is 7.32. The number of hydrogen-bond donors (Lipinski definition) is 1. The fraction of sp³-hybridized carbons (Fsp3) is 0.0556. The largest absolute Gasteiger partial charge is 0.295 e. The highest BCUT2D eigenvalue weighted by atomic mass is 127. The predicted octanol–water partition coefficient (Wildman–Crippen LogP) is 4.40. The van der Waals surface area contributed by atoms with Crippen molar-refractivity contribution in [2.24, 2.45) is 4.99 Å². The van der Waals surface area contributed by atoms with E-state index in [1.807, 2.05) is 60.9 Å². The lowest BCUT2D eigenvalue weighted by Crippen LogP contribution is -2.17. The van der Waals surface area contributed by atoms with Gasteiger partial charge in [-0.05, 0) is 89.8 Å². The molecule has 5 nitrogen and oxygen atoms in total. The Labute approximate surface area is 162 Å². The van der Waals surface area contributed by atoms with Gasteiger partial charge in [-0.3, -0.25) is 14.9 Å². The highest BCUT2D eigenvalue weighted by Gasteiger charge is 2.10. The van der Waals surface area contributed by atoms with E-state index in [1.54, 1.807) is 6.21 Å². The first-order valence-electron chi connectivity index (χ1n) is 7.36. The van der Waals surface area contributed by atoms with E-state index in [-0.39, 0.29) is 5.56 Å². The molecule has 0 unspecified atom stereocenters. The van der Waals surface area contributed by atoms with Crippen molar-refractivity contribution in [3.05, 3.63) is 73.7 Å². The molecule has 0 aliphatic carbocycles. The summed E-state index contributed by atoms with van der Waals surface area (Å²) in [5.41, 5.74) is 2.64. The molecular formula is C18H13IN4OS. The van der Waals surface area contributed by atoms with E-state index in [9.17, 15) is 4.79 Å². The van der Waals surface area contributed by atoms with Gasteiger partial charge in [-0.2, -0.15) is 5.26 Å². The van der Waals surface area contributed by atoms with Gasteiger partial charge in [-0.1, -0.05) is 0 Å². The molecule has 124 valence electrons. The fourth-order valence-electron chi connectivity index (χ4n) is 2.28. The van der Waals surface area contributed by atoms with Gasteiger partial charge < -0.3 is 0 Å². The molecule has 7 heteroatoms. The lowest BCUT2D eigenvalue weighted by Gasteiger charge is -2.00. The van der Waals surface area contributed by atoms with Gasteiger partial charge in [0.05, 0.1) is 16.9 Å². The van der Waals surface area contributed by atoms with Crippen molar-refractivity contribution in [3.8, 4) is 11.1 Å². The van der Waals surface area contributed by atoms with E-state index in [0.717, 1.165) is 37.3 Å². The Morgan fingerprint density at radius 3 is 2.52 bits per heavy atom. The Hall–Kier alpha value is -2.31. The summed E-state index contributed by atoms with van der Waals surface area (Å²) in [6.07, 6.45) is 1.57. The molecule has 1 heterocycles. The van der Waals surface area contributed by atoms with Crippen LogP contribution in [0.2, 0.25) is 0 Å². The smallest absolute Gasteiger partial charge is 0.280 e. The lowest BCUT2D eigenvalue weighted by atomic mass is 10.2. The molecule has 0 saturated heterocycles. The summed E-state index contributed by atoms with van der Waals surface area (Å²) in [6.45, 7) is 1.85. The molecule has 0 radical (unpaired) electrons. The normalized spacial score (nSPS) is 10.9. The van der Waals surface area contributed by atoms with Crippen LogP contribution < -0.4 is 5.56 Å². The minimum absolute atomic E-state index is 0.140. The van der Waals surface area contributed by atoms with Gasteiger partial charge in [0, 0.05) is 20.4 Å². The number of hydrogen-bond acceptors (Lipinski definition) is 4. The Morgan fingerprint density at radius 1 is 1.20 bits per heavy atom. The first-order chi connectivity index (χ1) is 12.1. The Balaban J connectivity index is 1.89. The van der Waals surface area contributed by atoms with Crippen LogP contribution in [0.5, 0.6) is 0 Å². The van der Waals surface area contributed by atoms with Crippen molar-refractivity contribution < 1.29 is 0 Å². The van der Waals surface area contributed by atoms with Gasteiger partial charge >= 0.3 is 0 Å². The molecule has 0 atom stereocenters. The summed E-state index contributed by atoms with van der Waals surface area (Å²) in [6, 6.07) is 15.0. The number of benzene rings is 2. The lowest BCUT2D eigenvalue weighted by molar-refractivity contribution is 0.835. The van der Waals surface area contributed by atoms with E-state index in [4.69, 9.17) is 5.26 Å². The highest BCUT2D eigenvalue weighted by Crippen LogP contribution is 2.20. The van der Waals surface area contributed by atoms with Crippen molar-refractivity contribution in [2.75, 3.05) is 0 Å². The second kappa shape index (κ2) is 7.72. The average molecular weight is 460 g/mol. The molecule has 0 saturated carbocycles. The number of rotatable bonds is 4. The van der Waals surface area contributed by atoms with Crippen LogP contribution >= 0.6 is 34.4 Å².